The van der Waals surface area contributed by atoms with Gasteiger partial charge in [0.15, 0.2) is 0 Å². The Bertz CT molecular complexity index is 504. The summed E-state index contributed by atoms with van der Waals surface area (Å²) in [6.45, 7) is 15.9. The molecule has 0 saturated carbocycles. The van der Waals surface area contributed by atoms with Crippen molar-refractivity contribution in [3.05, 3.63) is 11.3 Å². The van der Waals surface area contributed by atoms with E-state index in [-0.39, 0.29) is 11.9 Å². The molecule has 0 rings (SSSR count). The molecule has 182 valence electrons. The average Bonchev–Trinajstić information content (AvgIpc) is 2.71. The fourth-order valence-electron chi connectivity index (χ4n) is 3.77. The van der Waals surface area contributed by atoms with E-state index in [0.29, 0.717) is 30.2 Å². The molecule has 0 aliphatic carbocycles. The summed E-state index contributed by atoms with van der Waals surface area (Å²) in [5.41, 5.74) is 0. The van der Waals surface area contributed by atoms with Gasteiger partial charge >= 0.3 is 11.9 Å². The van der Waals surface area contributed by atoms with E-state index in [4.69, 9.17) is 9.47 Å². The van der Waals surface area contributed by atoms with Crippen LogP contribution in [-0.4, -0.2) is 33.2 Å². The van der Waals surface area contributed by atoms with E-state index < -0.39 is 8.07 Å². The van der Waals surface area contributed by atoms with Crippen LogP contribution in [0.3, 0.4) is 0 Å². The summed E-state index contributed by atoms with van der Waals surface area (Å²) in [7, 11) is -2.17. The van der Waals surface area contributed by atoms with Crippen molar-refractivity contribution in [2.24, 2.45) is 11.8 Å². The number of unbranched alkanes of at least 4 members (excludes halogenated alkanes) is 3. The minimum absolute atomic E-state index is 0.267. The van der Waals surface area contributed by atoms with Gasteiger partial charge in [0.05, 0.1) is 21.3 Å². The van der Waals surface area contributed by atoms with Gasteiger partial charge in [0, 0.05) is 11.3 Å². The van der Waals surface area contributed by atoms with Crippen LogP contribution in [-0.2, 0) is 19.1 Å². The van der Waals surface area contributed by atoms with E-state index in [1.165, 1.54) is 6.08 Å². The van der Waals surface area contributed by atoms with Gasteiger partial charge < -0.3 is 9.47 Å². The molecule has 0 unspecified atom stereocenters. The van der Waals surface area contributed by atoms with Crippen molar-refractivity contribution in [3.8, 4) is 0 Å². The Kier molecular flexibility index (Phi) is 16.8. The topological polar surface area (TPSA) is 52.6 Å². The van der Waals surface area contributed by atoms with Crippen molar-refractivity contribution in [2.45, 2.75) is 118 Å². The Morgan fingerprint density at radius 3 is 1.55 bits per heavy atom. The lowest BCUT2D eigenvalue weighted by atomic mass is 10.1. The van der Waals surface area contributed by atoms with Gasteiger partial charge in [-0.3, -0.25) is 0 Å². The normalized spacial score (nSPS) is 12.5. The molecule has 4 nitrogen and oxygen atoms in total. The zero-order valence-corrected chi connectivity index (χ0v) is 22.6. The van der Waals surface area contributed by atoms with Gasteiger partial charge in [-0.15, -0.1) is 0 Å². The van der Waals surface area contributed by atoms with Crippen LogP contribution in [0.4, 0.5) is 0 Å². The third kappa shape index (κ3) is 13.1. The maximum Gasteiger partial charge on any atom is 0.330 e. The number of hydrogen-bond donors (Lipinski definition) is 0. The number of ether oxygens (including phenoxy) is 2. The third-order valence-electron chi connectivity index (χ3n) is 5.95. The van der Waals surface area contributed by atoms with Crippen molar-refractivity contribution >= 4 is 20.0 Å². The van der Waals surface area contributed by atoms with Crippen molar-refractivity contribution in [3.63, 3.8) is 0 Å². The highest BCUT2D eigenvalue weighted by molar-refractivity contribution is 6.90. The molecule has 0 aliphatic heterocycles. The quantitative estimate of drug-likeness (QED) is 0.122. The highest BCUT2D eigenvalue weighted by Gasteiger charge is 2.40. The average molecular weight is 455 g/mol. The number of esters is 2. The molecule has 0 aromatic rings. The highest BCUT2D eigenvalue weighted by Crippen LogP contribution is 2.35. The molecule has 0 saturated heterocycles. The van der Waals surface area contributed by atoms with E-state index in [0.717, 1.165) is 69.5 Å². The van der Waals surface area contributed by atoms with Crippen LogP contribution in [0.5, 0.6) is 0 Å². The van der Waals surface area contributed by atoms with E-state index in [1.54, 1.807) is 0 Å². The standard InChI is InChI=1S/C26H50O4Si/c1-8-11-18-31(19-12-9-2,20-13-10-3)24(26(28)30-17-15-23(6)7)21-25(27)29-16-14-22(4)5/h21-23H,8-20H2,1-7H3/b24-21-. The van der Waals surface area contributed by atoms with Crippen LogP contribution in [0.1, 0.15) is 99.8 Å². The summed E-state index contributed by atoms with van der Waals surface area (Å²) in [5, 5.41) is 0.682. The minimum atomic E-state index is -2.17. The maximum atomic E-state index is 13.3. The van der Waals surface area contributed by atoms with Crippen molar-refractivity contribution in [1.82, 2.24) is 0 Å². The third-order valence-corrected chi connectivity index (χ3v) is 11.4. The predicted octanol–water partition coefficient (Wildman–Crippen LogP) is 7.48. The lowest BCUT2D eigenvalue weighted by Gasteiger charge is -2.33. The molecular formula is C26H50O4Si. The second-order valence-electron chi connectivity index (χ2n) is 9.82. The fraction of sp³-hybridized carbons (Fsp3) is 0.846. The molecule has 0 atom stereocenters. The van der Waals surface area contributed by atoms with Crippen LogP contribution in [0.15, 0.2) is 11.3 Å². The largest absolute Gasteiger partial charge is 0.463 e. The highest BCUT2D eigenvalue weighted by atomic mass is 28.3. The van der Waals surface area contributed by atoms with Crippen LogP contribution in [0.2, 0.25) is 18.1 Å². The Balaban J connectivity index is 5.93. The summed E-state index contributed by atoms with van der Waals surface area (Å²) in [4.78, 5) is 26.0. The van der Waals surface area contributed by atoms with E-state index >= 15 is 0 Å². The minimum Gasteiger partial charge on any atom is -0.463 e. The number of carbonyl (C=O) groups excluding carboxylic acids is 2. The van der Waals surface area contributed by atoms with E-state index in [1.807, 2.05) is 0 Å². The summed E-state index contributed by atoms with van der Waals surface area (Å²) in [6.07, 6.45) is 9.79. The SMILES string of the molecule is CCCC[Si](CCCC)(CCCC)/C(=C\C(=O)OCCC(C)C)C(=O)OCCC(C)C. The van der Waals surface area contributed by atoms with Gasteiger partial charge in [-0.2, -0.15) is 0 Å². The summed E-state index contributed by atoms with van der Waals surface area (Å²) < 4.78 is 11.2. The Morgan fingerprint density at radius 2 is 1.16 bits per heavy atom. The van der Waals surface area contributed by atoms with E-state index in [2.05, 4.69) is 48.5 Å². The Hall–Kier alpha value is -1.10. The lowest BCUT2D eigenvalue weighted by molar-refractivity contribution is -0.141. The van der Waals surface area contributed by atoms with Crippen LogP contribution in [0, 0.1) is 11.8 Å². The second-order valence-corrected chi connectivity index (χ2v) is 14.4. The van der Waals surface area contributed by atoms with Gasteiger partial charge in [0.1, 0.15) is 0 Å². The first kappa shape index (κ1) is 29.9. The molecule has 0 aliphatic rings. The number of rotatable bonds is 18. The fourth-order valence-corrected chi connectivity index (χ4v) is 9.35. The first-order chi connectivity index (χ1) is 14.7. The Labute approximate surface area is 193 Å². The van der Waals surface area contributed by atoms with Gasteiger partial charge in [0.25, 0.3) is 0 Å². The smallest absolute Gasteiger partial charge is 0.330 e. The van der Waals surface area contributed by atoms with Crippen molar-refractivity contribution < 1.29 is 19.1 Å². The van der Waals surface area contributed by atoms with Crippen LogP contribution >= 0.6 is 0 Å². The molecule has 0 amide bonds. The zero-order chi connectivity index (χ0) is 23.7. The number of hydrogen-bond acceptors (Lipinski definition) is 4. The van der Waals surface area contributed by atoms with Crippen LogP contribution in [0.25, 0.3) is 0 Å². The molecule has 0 N–H and O–H groups in total. The predicted molar refractivity (Wildman–Crippen MR) is 134 cm³/mol. The molecule has 0 heterocycles. The second kappa shape index (κ2) is 17.5. The molecule has 0 radical (unpaired) electrons. The monoisotopic (exact) mass is 454 g/mol. The molecule has 0 bridgehead atoms. The maximum absolute atomic E-state index is 13.3. The van der Waals surface area contributed by atoms with Crippen molar-refractivity contribution in [2.75, 3.05) is 13.2 Å². The molecular weight excluding hydrogens is 404 g/mol. The number of carbonyl (C=O) groups is 2. The summed E-state index contributed by atoms with van der Waals surface area (Å²) in [6, 6.07) is 3.15. The molecule has 0 aromatic heterocycles. The van der Waals surface area contributed by atoms with Gasteiger partial charge in [0.2, 0.25) is 0 Å². The molecule has 0 spiro atoms. The summed E-state index contributed by atoms with van der Waals surface area (Å²) >= 11 is 0. The lowest BCUT2D eigenvalue weighted by Crippen LogP contribution is -2.41. The molecule has 5 heteroatoms. The molecule has 31 heavy (non-hydrogen) atoms. The first-order valence-corrected chi connectivity index (χ1v) is 15.4. The molecule has 0 fully saturated rings. The summed E-state index contributed by atoms with van der Waals surface area (Å²) in [5.74, 6) is 0.308. The van der Waals surface area contributed by atoms with Gasteiger partial charge in [-0.25, -0.2) is 9.59 Å². The van der Waals surface area contributed by atoms with Crippen molar-refractivity contribution in [1.29, 1.82) is 0 Å². The van der Waals surface area contributed by atoms with Crippen LogP contribution < -0.4 is 0 Å². The molecule has 0 aromatic carbocycles. The van der Waals surface area contributed by atoms with Gasteiger partial charge in [-0.05, 0) is 24.7 Å². The van der Waals surface area contributed by atoms with Gasteiger partial charge in [-0.1, -0.05) is 105 Å². The van der Waals surface area contributed by atoms with E-state index in [9.17, 15) is 9.59 Å². The Morgan fingerprint density at radius 1 is 0.742 bits per heavy atom. The first-order valence-electron chi connectivity index (χ1n) is 12.8. The zero-order valence-electron chi connectivity index (χ0n) is 21.6.